The Hall–Kier alpha value is -4.13. The first-order valence-electron chi connectivity index (χ1n) is 17.1. The molecule has 2 atom stereocenters. The fraction of sp³-hybridized carbons (Fsp3) is 0.475. The Morgan fingerprint density at radius 2 is 1.38 bits per heavy atom. The molecule has 0 fully saturated rings. The number of hydrogen-bond donors (Lipinski definition) is 2. The van der Waals surface area contributed by atoms with Gasteiger partial charge in [-0.3, -0.25) is 9.59 Å². The zero-order valence-corrected chi connectivity index (χ0v) is 29.7. The molecule has 0 spiro atoms. The minimum absolute atomic E-state index is 0.254. The molecular weight excluding hydrogens is 586 g/mol. The predicted molar refractivity (Wildman–Crippen MR) is 192 cm³/mol. The van der Waals surface area contributed by atoms with E-state index in [4.69, 9.17) is 4.74 Å². The highest BCUT2D eigenvalue weighted by Crippen LogP contribution is 2.29. The second-order valence-electron chi connectivity index (χ2n) is 13.8. The standard InChI is InChI=1S/C40H55N3O4/c1-9-10-11-12-13-17-23-43(38(45)34(27-32-21-15-14-16-22-32)41-39(46)47-40(6,7)8)36(33-25-28(2)24-29(3)26-33)37(44)42-35-30(4)19-18-20-31(35)5/h14-16,18-22,24-26,34,36H,9-13,17,23,27H2,1-8H3,(H,41,46)(H,42,44). The van der Waals surface area contributed by atoms with Crippen LogP contribution in [0.2, 0.25) is 0 Å². The first-order chi connectivity index (χ1) is 22.3. The lowest BCUT2D eigenvalue weighted by Gasteiger charge is -2.35. The summed E-state index contributed by atoms with van der Waals surface area (Å²) < 4.78 is 5.60. The highest BCUT2D eigenvalue weighted by atomic mass is 16.6. The second kappa shape index (κ2) is 17.7. The third-order valence-electron chi connectivity index (χ3n) is 8.16. The maximum absolute atomic E-state index is 14.9. The van der Waals surface area contributed by atoms with Crippen LogP contribution in [0.4, 0.5) is 10.5 Å². The van der Waals surface area contributed by atoms with Crippen LogP contribution >= 0.6 is 0 Å². The molecule has 2 N–H and O–H groups in total. The van der Waals surface area contributed by atoms with Crippen LogP contribution in [-0.4, -0.2) is 41.0 Å². The summed E-state index contributed by atoms with van der Waals surface area (Å²) in [6.45, 7) is 15.9. The second-order valence-corrected chi connectivity index (χ2v) is 13.8. The van der Waals surface area contributed by atoms with Crippen LogP contribution in [0.3, 0.4) is 0 Å². The molecule has 0 aliphatic rings. The molecule has 7 nitrogen and oxygen atoms in total. The highest BCUT2D eigenvalue weighted by Gasteiger charge is 2.36. The van der Waals surface area contributed by atoms with Crippen molar-refractivity contribution < 1.29 is 19.1 Å². The van der Waals surface area contributed by atoms with E-state index >= 15 is 0 Å². The van der Waals surface area contributed by atoms with Gasteiger partial charge in [-0.05, 0) is 77.1 Å². The van der Waals surface area contributed by atoms with Crippen molar-refractivity contribution >= 4 is 23.6 Å². The van der Waals surface area contributed by atoms with Gasteiger partial charge in [-0.15, -0.1) is 0 Å². The van der Waals surface area contributed by atoms with Crippen molar-refractivity contribution in [2.45, 2.75) is 118 Å². The van der Waals surface area contributed by atoms with Gasteiger partial charge in [-0.2, -0.15) is 0 Å². The SMILES string of the molecule is CCCCCCCCN(C(=O)C(Cc1ccccc1)NC(=O)OC(C)(C)C)C(C(=O)Nc1c(C)cccc1C)c1cc(C)cc(C)c1. The summed E-state index contributed by atoms with van der Waals surface area (Å²) in [5, 5.41) is 6.06. The smallest absolute Gasteiger partial charge is 0.408 e. The van der Waals surface area contributed by atoms with Gasteiger partial charge in [-0.25, -0.2) is 4.79 Å². The molecule has 3 rings (SSSR count). The predicted octanol–water partition coefficient (Wildman–Crippen LogP) is 8.93. The number of anilines is 1. The number of para-hydroxylation sites is 1. The monoisotopic (exact) mass is 641 g/mol. The number of nitrogens with one attached hydrogen (secondary N) is 2. The average molecular weight is 642 g/mol. The van der Waals surface area contributed by atoms with Gasteiger partial charge in [0.2, 0.25) is 5.91 Å². The topological polar surface area (TPSA) is 87.7 Å². The lowest BCUT2D eigenvalue weighted by atomic mass is 9.96. The van der Waals surface area contributed by atoms with Gasteiger partial charge in [0.1, 0.15) is 17.7 Å². The number of carbonyl (C=O) groups is 3. The van der Waals surface area contributed by atoms with Crippen molar-refractivity contribution in [1.82, 2.24) is 10.2 Å². The number of nitrogens with zero attached hydrogens (tertiary/aromatic N) is 1. The molecule has 3 aromatic rings. The quantitative estimate of drug-likeness (QED) is 0.162. The minimum atomic E-state index is -0.950. The summed E-state index contributed by atoms with van der Waals surface area (Å²) in [5.74, 6) is -0.614. The zero-order valence-electron chi connectivity index (χ0n) is 29.7. The Morgan fingerprint density at radius 1 is 0.787 bits per heavy atom. The molecule has 3 aromatic carbocycles. The maximum Gasteiger partial charge on any atom is 0.408 e. The lowest BCUT2D eigenvalue weighted by molar-refractivity contribution is -0.140. The van der Waals surface area contributed by atoms with Crippen LogP contribution in [0, 0.1) is 27.7 Å². The molecule has 0 saturated heterocycles. The van der Waals surface area contributed by atoms with E-state index in [1.807, 2.05) is 88.4 Å². The first-order valence-corrected chi connectivity index (χ1v) is 17.1. The number of ether oxygens (including phenoxy) is 1. The summed E-state index contributed by atoms with van der Waals surface area (Å²) in [7, 11) is 0. The number of alkyl carbamates (subject to hydrolysis) is 1. The Labute approximate surface area is 282 Å². The fourth-order valence-corrected chi connectivity index (χ4v) is 5.97. The number of amides is 3. The van der Waals surface area contributed by atoms with E-state index in [1.54, 1.807) is 25.7 Å². The van der Waals surface area contributed by atoms with E-state index in [1.165, 1.54) is 6.42 Å². The van der Waals surface area contributed by atoms with E-state index in [0.29, 0.717) is 6.54 Å². The van der Waals surface area contributed by atoms with Gasteiger partial charge in [0.15, 0.2) is 0 Å². The van der Waals surface area contributed by atoms with Crippen LogP contribution in [0.1, 0.15) is 106 Å². The number of aryl methyl sites for hydroxylation is 4. The van der Waals surface area contributed by atoms with Crippen molar-refractivity contribution in [1.29, 1.82) is 0 Å². The van der Waals surface area contributed by atoms with Crippen LogP contribution in [0.25, 0.3) is 0 Å². The number of carbonyl (C=O) groups excluding carboxylic acids is 3. The molecule has 0 saturated carbocycles. The van der Waals surface area contributed by atoms with Crippen LogP contribution < -0.4 is 10.6 Å². The van der Waals surface area contributed by atoms with Gasteiger partial charge < -0.3 is 20.3 Å². The maximum atomic E-state index is 14.9. The molecule has 0 aliphatic carbocycles. The van der Waals surface area contributed by atoms with Gasteiger partial charge >= 0.3 is 6.09 Å². The van der Waals surface area contributed by atoms with Crippen molar-refractivity contribution in [2.24, 2.45) is 0 Å². The molecule has 7 heteroatoms. The lowest BCUT2D eigenvalue weighted by Crippen LogP contribution is -2.53. The van der Waals surface area contributed by atoms with Crippen molar-refractivity contribution in [3.63, 3.8) is 0 Å². The average Bonchev–Trinajstić information content (AvgIpc) is 2.98. The third-order valence-corrected chi connectivity index (χ3v) is 8.16. The number of benzene rings is 3. The van der Waals surface area contributed by atoms with E-state index in [2.05, 4.69) is 23.6 Å². The number of hydrogen-bond acceptors (Lipinski definition) is 4. The first kappa shape index (κ1) is 37.3. The summed E-state index contributed by atoms with van der Waals surface area (Å²) in [5.41, 5.74) is 5.53. The molecule has 254 valence electrons. The van der Waals surface area contributed by atoms with Gasteiger partial charge in [0.25, 0.3) is 5.91 Å². The van der Waals surface area contributed by atoms with E-state index in [-0.39, 0.29) is 18.2 Å². The van der Waals surface area contributed by atoms with Gasteiger partial charge in [0.05, 0.1) is 0 Å². The summed E-state index contributed by atoms with van der Waals surface area (Å²) in [6, 6.07) is 19.7. The Kier molecular flexibility index (Phi) is 14.1. The van der Waals surface area contributed by atoms with E-state index in [0.717, 1.165) is 71.2 Å². The molecule has 0 aromatic heterocycles. The largest absolute Gasteiger partial charge is 0.444 e. The van der Waals surface area contributed by atoms with Gasteiger partial charge in [0, 0.05) is 18.7 Å². The van der Waals surface area contributed by atoms with Crippen molar-refractivity contribution in [2.75, 3.05) is 11.9 Å². The number of unbranched alkanes of at least 4 members (excludes halogenated alkanes) is 5. The summed E-state index contributed by atoms with van der Waals surface area (Å²) in [6.07, 6.45) is 5.76. The minimum Gasteiger partial charge on any atom is -0.444 e. The zero-order chi connectivity index (χ0) is 34.6. The molecule has 0 aliphatic heterocycles. The van der Waals surface area contributed by atoms with Crippen molar-refractivity contribution in [3.8, 4) is 0 Å². The molecule has 3 amide bonds. The number of rotatable bonds is 15. The van der Waals surface area contributed by atoms with Crippen molar-refractivity contribution in [3.05, 3.63) is 100 Å². The fourth-order valence-electron chi connectivity index (χ4n) is 5.97. The van der Waals surface area contributed by atoms with Crippen LogP contribution in [-0.2, 0) is 20.7 Å². The van der Waals surface area contributed by atoms with E-state index < -0.39 is 23.8 Å². The Balaban J connectivity index is 2.11. The molecule has 0 bridgehead atoms. The summed E-state index contributed by atoms with van der Waals surface area (Å²) in [4.78, 5) is 44.2. The molecule has 0 heterocycles. The van der Waals surface area contributed by atoms with Crippen LogP contribution in [0.15, 0.2) is 66.7 Å². The molecule has 47 heavy (non-hydrogen) atoms. The normalized spacial score (nSPS) is 12.6. The van der Waals surface area contributed by atoms with Crippen LogP contribution in [0.5, 0.6) is 0 Å². The van der Waals surface area contributed by atoms with E-state index in [9.17, 15) is 14.4 Å². The third kappa shape index (κ3) is 11.9. The summed E-state index contributed by atoms with van der Waals surface area (Å²) >= 11 is 0. The highest BCUT2D eigenvalue weighted by molar-refractivity contribution is 6.00. The van der Waals surface area contributed by atoms with Gasteiger partial charge in [-0.1, -0.05) is 117 Å². The Morgan fingerprint density at radius 3 is 1.98 bits per heavy atom. The molecular formula is C40H55N3O4. The molecule has 0 radical (unpaired) electrons. The Bertz CT molecular complexity index is 1440. The molecule has 2 unspecified atom stereocenters.